The first-order valence-corrected chi connectivity index (χ1v) is 4.99. The van der Waals surface area contributed by atoms with Crippen LogP contribution in [-0.4, -0.2) is 31.5 Å². The molecule has 0 unspecified atom stereocenters. The van der Waals surface area contributed by atoms with Crippen molar-refractivity contribution in [2.75, 3.05) is 14.2 Å². The van der Waals surface area contributed by atoms with Crippen LogP contribution in [0.2, 0.25) is 0 Å². The summed E-state index contributed by atoms with van der Waals surface area (Å²) >= 11 is 0. The van der Waals surface area contributed by atoms with Gasteiger partial charge in [0.25, 0.3) is 0 Å². The Bertz CT molecular complexity index is 540. The van der Waals surface area contributed by atoms with E-state index in [9.17, 15) is 31.1 Å². The summed E-state index contributed by atoms with van der Waals surface area (Å²) in [6.07, 6.45) is -10.2. The normalized spacial score (nSPS) is 12.0. The van der Waals surface area contributed by atoms with Crippen molar-refractivity contribution in [1.82, 2.24) is 4.98 Å². The molecule has 0 aliphatic heterocycles. The van der Waals surface area contributed by atoms with Crippen molar-refractivity contribution >= 4 is 5.97 Å². The number of carbonyl (C=O) groups is 1. The van der Waals surface area contributed by atoms with E-state index in [0.29, 0.717) is 7.11 Å². The van der Waals surface area contributed by atoms with Crippen LogP contribution in [0.3, 0.4) is 0 Å². The molecule has 1 rings (SSSR count). The van der Waals surface area contributed by atoms with E-state index in [0.717, 1.165) is 7.11 Å². The Hall–Kier alpha value is -2.20. The van der Waals surface area contributed by atoms with Gasteiger partial charge in [-0.2, -0.15) is 13.2 Å². The van der Waals surface area contributed by atoms with E-state index in [1.807, 2.05) is 0 Å². The topological polar surface area (TPSA) is 57.7 Å². The summed E-state index contributed by atoms with van der Waals surface area (Å²) in [5, 5.41) is 0. The molecule has 0 radical (unpaired) electrons. The highest BCUT2D eigenvalue weighted by molar-refractivity contribution is 5.93. The molecule has 5 nitrogen and oxygen atoms in total. The van der Waals surface area contributed by atoms with Crippen LogP contribution in [0.25, 0.3) is 0 Å². The first kappa shape index (κ1) is 16.9. The number of pyridine rings is 1. The maximum atomic E-state index is 12.7. The number of hydrogen-bond acceptors (Lipinski definition) is 5. The van der Waals surface area contributed by atoms with Crippen LogP contribution < -0.4 is 9.47 Å². The number of carbonyl (C=O) groups excluding carboxylic acids is 1. The third-order valence-corrected chi connectivity index (χ3v) is 2.08. The van der Waals surface area contributed by atoms with E-state index in [4.69, 9.17) is 0 Å². The number of ether oxygens (including phenoxy) is 3. The van der Waals surface area contributed by atoms with E-state index in [2.05, 4.69) is 19.2 Å². The fourth-order valence-electron chi connectivity index (χ4n) is 1.34. The Labute approximate surface area is 113 Å². The van der Waals surface area contributed by atoms with E-state index < -0.39 is 41.3 Å². The predicted octanol–water partition coefficient (Wildman–Crippen LogP) is 2.79. The summed E-state index contributed by atoms with van der Waals surface area (Å²) in [7, 11) is 1.50. The zero-order valence-corrected chi connectivity index (χ0v) is 10.4. The second kappa shape index (κ2) is 5.66. The number of rotatable bonds is 3. The molecule has 1 aromatic heterocycles. The van der Waals surface area contributed by atoms with Crippen molar-refractivity contribution in [3.05, 3.63) is 17.5 Å². The standard InChI is InChI=1S/C10H7F6NO4/c1-19-6-5(21-10(14,15)16)4(8(18)20-2)3-17-7(6)9(11,12)13/h3H,1-2H3. The van der Waals surface area contributed by atoms with Gasteiger partial charge in [0.2, 0.25) is 0 Å². The molecule has 1 heterocycles. The SMILES string of the molecule is COC(=O)c1cnc(C(F)(F)F)c(OC)c1OC(F)(F)F. The van der Waals surface area contributed by atoms with Crippen molar-refractivity contribution in [2.24, 2.45) is 0 Å². The van der Waals surface area contributed by atoms with Gasteiger partial charge in [-0.3, -0.25) is 0 Å². The summed E-state index contributed by atoms with van der Waals surface area (Å²) < 4.78 is 86.8. The zero-order valence-electron chi connectivity index (χ0n) is 10.4. The number of esters is 1. The molecule has 0 aliphatic carbocycles. The lowest BCUT2D eigenvalue weighted by molar-refractivity contribution is -0.275. The van der Waals surface area contributed by atoms with E-state index in [-0.39, 0.29) is 6.20 Å². The molecule has 0 spiro atoms. The van der Waals surface area contributed by atoms with Crippen molar-refractivity contribution in [3.8, 4) is 11.5 Å². The number of nitrogens with zero attached hydrogens (tertiary/aromatic N) is 1. The molecule has 0 N–H and O–H groups in total. The van der Waals surface area contributed by atoms with Gasteiger partial charge in [-0.1, -0.05) is 0 Å². The largest absolute Gasteiger partial charge is 0.573 e. The van der Waals surface area contributed by atoms with Gasteiger partial charge in [0, 0.05) is 6.20 Å². The Balaban J connectivity index is 3.60. The van der Waals surface area contributed by atoms with Crippen LogP contribution in [0.5, 0.6) is 11.5 Å². The fourth-order valence-corrected chi connectivity index (χ4v) is 1.34. The Morgan fingerprint density at radius 3 is 2.05 bits per heavy atom. The van der Waals surface area contributed by atoms with Crippen LogP contribution in [0, 0.1) is 0 Å². The first-order valence-electron chi connectivity index (χ1n) is 4.99. The molecule has 0 saturated heterocycles. The van der Waals surface area contributed by atoms with Gasteiger partial charge in [0.05, 0.1) is 14.2 Å². The summed E-state index contributed by atoms with van der Waals surface area (Å²) in [6, 6.07) is 0. The first-order chi connectivity index (χ1) is 9.51. The molecule has 0 fully saturated rings. The van der Waals surface area contributed by atoms with Crippen LogP contribution >= 0.6 is 0 Å². The van der Waals surface area contributed by atoms with E-state index in [1.165, 1.54) is 0 Å². The van der Waals surface area contributed by atoms with Gasteiger partial charge < -0.3 is 14.2 Å². The maximum absolute atomic E-state index is 12.7. The molecule has 0 bridgehead atoms. The fraction of sp³-hybridized carbons (Fsp3) is 0.400. The van der Waals surface area contributed by atoms with Crippen LogP contribution in [-0.2, 0) is 10.9 Å². The molecular weight excluding hydrogens is 312 g/mol. The number of hydrogen-bond donors (Lipinski definition) is 0. The zero-order chi connectivity index (χ0) is 16.4. The smallest absolute Gasteiger partial charge is 0.491 e. The summed E-state index contributed by atoms with van der Waals surface area (Å²) in [5.41, 5.74) is -2.73. The van der Waals surface area contributed by atoms with Crippen molar-refractivity contribution in [2.45, 2.75) is 12.5 Å². The lowest BCUT2D eigenvalue weighted by Crippen LogP contribution is -2.22. The van der Waals surface area contributed by atoms with Crippen LogP contribution in [0.15, 0.2) is 6.20 Å². The minimum Gasteiger partial charge on any atom is -0.491 e. The second-order valence-electron chi connectivity index (χ2n) is 3.42. The third-order valence-electron chi connectivity index (χ3n) is 2.08. The van der Waals surface area contributed by atoms with Crippen molar-refractivity contribution in [1.29, 1.82) is 0 Å². The molecular formula is C10H7F6NO4. The molecule has 118 valence electrons. The van der Waals surface area contributed by atoms with Gasteiger partial charge in [0.1, 0.15) is 5.56 Å². The molecule has 0 aliphatic rings. The number of aromatic nitrogens is 1. The van der Waals surface area contributed by atoms with E-state index in [1.54, 1.807) is 0 Å². The Morgan fingerprint density at radius 2 is 1.67 bits per heavy atom. The van der Waals surface area contributed by atoms with Crippen LogP contribution in [0.4, 0.5) is 26.3 Å². The number of alkyl halides is 6. The van der Waals surface area contributed by atoms with Gasteiger partial charge in [-0.05, 0) is 0 Å². The monoisotopic (exact) mass is 319 g/mol. The highest BCUT2D eigenvalue weighted by atomic mass is 19.4. The summed E-state index contributed by atoms with van der Waals surface area (Å²) in [6.45, 7) is 0. The Morgan fingerprint density at radius 1 is 1.10 bits per heavy atom. The summed E-state index contributed by atoms with van der Waals surface area (Å²) in [5.74, 6) is -4.21. The second-order valence-corrected chi connectivity index (χ2v) is 3.42. The average molecular weight is 319 g/mol. The lowest BCUT2D eigenvalue weighted by atomic mass is 10.2. The number of halogens is 6. The molecule has 11 heteroatoms. The predicted molar refractivity (Wildman–Crippen MR) is 53.8 cm³/mol. The maximum Gasteiger partial charge on any atom is 0.573 e. The van der Waals surface area contributed by atoms with Crippen molar-refractivity contribution < 1.29 is 45.3 Å². The molecule has 21 heavy (non-hydrogen) atoms. The molecule has 0 saturated carbocycles. The van der Waals surface area contributed by atoms with Gasteiger partial charge in [0.15, 0.2) is 17.2 Å². The quantitative estimate of drug-likeness (QED) is 0.633. The van der Waals surface area contributed by atoms with Crippen molar-refractivity contribution in [3.63, 3.8) is 0 Å². The van der Waals surface area contributed by atoms with Crippen LogP contribution in [0.1, 0.15) is 16.1 Å². The van der Waals surface area contributed by atoms with Gasteiger partial charge in [-0.15, -0.1) is 13.2 Å². The highest BCUT2D eigenvalue weighted by Crippen LogP contribution is 2.43. The average Bonchev–Trinajstić information content (AvgIpc) is 2.34. The lowest BCUT2D eigenvalue weighted by Gasteiger charge is -2.18. The molecule has 0 aromatic carbocycles. The minimum absolute atomic E-state index is 0.262. The minimum atomic E-state index is -5.35. The van der Waals surface area contributed by atoms with Gasteiger partial charge >= 0.3 is 18.5 Å². The highest BCUT2D eigenvalue weighted by Gasteiger charge is 2.42. The number of methoxy groups -OCH3 is 2. The van der Waals surface area contributed by atoms with Gasteiger partial charge in [-0.25, -0.2) is 9.78 Å². The molecule has 1 aromatic rings. The Kier molecular flexibility index (Phi) is 4.54. The molecule has 0 amide bonds. The summed E-state index contributed by atoms with van der Waals surface area (Å²) in [4.78, 5) is 14.2. The van der Waals surface area contributed by atoms with E-state index >= 15 is 0 Å². The molecule has 0 atom stereocenters. The third kappa shape index (κ3) is 3.89.